The largest absolute Gasteiger partial charge is 0.488 e. The Balaban J connectivity index is 1.68. The molecule has 1 N–H and O–H groups in total. The van der Waals surface area contributed by atoms with Crippen molar-refractivity contribution < 1.29 is 18.1 Å². The molecule has 1 atom stereocenters. The summed E-state index contributed by atoms with van der Waals surface area (Å²) in [6, 6.07) is 18.1. The average molecular weight is 421 g/mol. The molecule has 160 valence electrons. The number of aryl methyl sites for hydroxylation is 1. The molecule has 0 aliphatic rings. The summed E-state index contributed by atoms with van der Waals surface area (Å²) in [6.07, 6.45) is 1.73. The van der Waals surface area contributed by atoms with Crippen LogP contribution in [0.15, 0.2) is 67.0 Å². The van der Waals surface area contributed by atoms with Crippen LogP contribution in [0.4, 0.5) is 0 Å². The van der Waals surface area contributed by atoms with Crippen LogP contribution in [0.5, 0.6) is 5.75 Å². The summed E-state index contributed by atoms with van der Waals surface area (Å²) in [5, 5.41) is 10.5. The zero-order valence-electron chi connectivity index (χ0n) is 24.1. The van der Waals surface area contributed by atoms with Gasteiger partial charge in [-0.15, -0.1) is 0 Å². The van der Waals surface area contributed by atoms with Crippen molar-refractivity contribution in [1.29, 1.82) is 0 Å². The highest BCUT2D eigenvalue weighted by Crippen LogP contribution is 2.31. The molecule has 0 saturated heterocycles. The Kier molecular flexibility index (Phi) is 3.60. The molecule has 1 aromatic heterocycles. The first kappa shape index (κ1) is 14.8. The minimum Gasteiger partial charge on any atom is -0.488 e. The van der Waals surface area contributed by atoms with E-state index in [1.165, 1.54) is 20.8 Å². The van der Waals surface area contributed by atoms with Gasteiger partial charge in [0, 0.05) is 13.9 Å². The van der Waals surface area contributed by atoms with E-state index in [-0.39, 0.29) is 0 Å². The number of hydrogen-bond acceptors (Lipinski definition) is 3. The van der Waals surface area contributed by atoms with Crippen molar-refractivity contribution in [2.45, 2.75) is 52.6 Å². The molecular weight excluding hydrogens is 384 g/mol. The van der Waals surface area contributed by atoms with Gasteiger partial charge in [-0.25, -0.2) is 4.98 Å². The quantitative estimate of drug-likeness (QED) is 0.415. The number of ether oxygens (including phenoxy) is 1. The van der Waals surface area contributed by atoms with Crippen LogP contribution in [0, 0.1) is 6.92 Å². The van der Waals surface area contributed by atoms with E-state index >= 15 is 0 Å². The molecule has 0 bridgehead atoms. The molecular formula is C27H30N2O2. The molecule has 4 heteroatoms. The van der Waals surface area contributed by atoms with Crippen LogP contribution in [0.25, 0.3) is 27.8 Å². The molecule has 0 radical (unpaired) electrons. The van der Waals surface area contributed by atoms with Gasteiger partial charge in [-0.3, -0.25) is 4.57 Å². The average Bonchev–Trinajstić information content (AvgIpc) is 3.20. The molecule has 0 saturated carbocycles. The summed E-state index contributed by atoms with van der Waals surface area (Å²) in [5.41, 5.74) is 2.41. The number of rotatable bonds is 4. The minimum atomic E-state index is -2.54. The summed E-state index contributed by atoms with van der Waals surface area (Å²) < 4.78 is 53.5. The predicted octanol–water partition coefficient (Wildman–Crippen LogP) is 6.41. The van der Waals surface area contributed by atoms with E-state index < -0.39 is 24.9 Å². The maximum absolute atomic E-state index is 10.5. The summed E-state index contributed by atoms with van der Waals surface area (Å²) >= 11 is 0. The van der Waals surface area contributed by atoms with E-state index in [9.17, 15) is 5.11 Å². The van der Waals surface area contributed by atoms with Crippen LogP contribution in [0.3, 0.4) is 0 Å². The highest BCUT2D eigenvalue weighted by Gasteiger charge is 2.16. The monoisotopic (exact) mass is 420 g/mol. The molecule has 3 aromatic carbocycles. The second-order valence-corrected chi connectivity index (χ2v) is 8.53. The van der Waals surface area contributed by atoms with Gasteiger partial charge >= 0.3 is 0 Å². The Morgan fingerprint density at radius 2 is 1.68 bits per heavy atom. The summed E-state index contributed by atoms with van der Waals surface area (Å²) in [5.74, 6) is 0.457. The highest BCUT2D eigenvalue weighted by atomic mass is 16.5. The third-order valence-electron chi connectivity index (χ3n) is 5.14. The van der Waals surface area contributed by atoms with Crippen LogP contribution in [0.2, 0.25) is 0 Å². The highest BCUT2D eigenvalue weighted by molar-refractivity contribution is 5.85. The minimum absolute atomic E-state index is 0.323. The van der Waals surface area contributed by atoms with Crippen LogP contribution in [-0.2, 0) is 5.60 Å². The zero-order chi connectivity index (χ0) is 27.4. The number of hydrogen-bond donors (Lipinski definition) is 1. The zero-order valence-corrected chi connectivity index (χ0v) is 18.1. The fourth-order valence-corrected chi connectivity index (χ4v) is 3.62. The Morgan fingerprint density at radius 3 is 2.32 bits per heavy atom. The molecule has 0 aliphatic carbocycles. The Morgan fingerprint density at radius 1 is 0.968 bits per heavy atom. The van der Waals surface area contributed by atoms with Gasteiger partial charge in [0.25, 0.3) is 0 Å². The smallest absolute Gasteiger partial charge is 0.120 e. The van der Waals surface area contributed by atoms with Crippen molar-refractivity contribution in [2.75, 3.05) is 0 Å². The van der Waals surface area contributed by atoms with Gasteiger partial charge in [-0.2, -0.15) is 0 Å². The lowest BCUT2D eigenvalue weighted by molar-refractivity contribution is 0.0786. The standard InChI is InChI=1S/C27H30N2O2/c1-18-15-24-25(16-23(18)19-7-9-20(10-8-19)27(5,6)30)29(17-28-24)21-11-13-22(14-12-21)31-26(2,3)4/h7-17,30H,1-6H3/i2D3,5D3. The van der Waals surface area contributed by atoms with E-state index in [2.05, 4.69) is 4.98 Å². The molecule has 4 rings (SSSR count). The number of imidazole rings is 1. The third kappa shape index (κ3) is 4.49. The van der Waals surface area contributed by atoms with Gasteiger partial charge in [0.1, 0.15) is 17.7 Å². The fourth-order valence-electron chi connectivity index (χ4n) is 3.62. The number of nitrogens with zero attached hydrogens (tertiary/aromatic N) is 2. The third-order valence-corrected chi connectivity index (χ3v) is 5.14. The number of fused-ring (bicyclic) bond motifs is 1. The van der Waals surface area contributed by atoms with Gasteiger partial charge in [0.2, 0.25) is 0 Å². The Hall–Kier alpha value is -3.11. The van der Waals surface area contributed by atoms with E-state index in [1.807, 2.05) is 47.9 Å². The Labute approximate surface area is 192 Å². The topological polar surface area (TPSA) is 47.3 Å². The summed E-state index contributed by atoms with van der Waals surface area (Å²) in [6.45, 7) is 1.56. The molecule has 31 heavy (non-hydrogen) atoms. The van der Waals surface area contributed by atoms with Gasteiger partial charge in [-0.1, -0.05) is 24.3 Å². The second kappa shape index (κ2) is 7.54. The van der Waals surface area contributed by atoms with Crippen molar-refractivity contribution in [2.24, 2.45) is 0 Å². The molecule has 0 amide bonds. The van der Waals surface area contributed by atoms with E-state index in [0.717, 1.165) is 33.4 Å². The molecule has 0 fully saturated rings. The van der Waals surface area contributed by atoms with Crippen molar-refractivity contribution in [3.05, 3.63) is 78.1 Å². The first-order chi connectivity index (χ1) is 17.0. The second-order valence-electron chi connectivity index (χ2n) is 8.53. The predicted molar refractivity (Wildman–Crippen MR) is 127 cm³/mol. The molecule has 4 aromatic rings. The van der Waals surface area contributed by atoms with Gasteiger partial charge in [-0.05, 0) is 100 Å². The van der Waals surface area contributed by atoms with Gasteiger partial charge in [0.05, 0.1) is 16.6 Å². The molecule has 0 aliphatic heterocycles. The SMILES string of the molecule is [2H]C([2H])([2H])C(C)(C)Oc1ccc(-n2cnc3cc(C)c(-c4ccc(C(C)(O)C([2H])([2H])[2H])cc4)cc32)cc1. The molecule has 1 unspecified atom stereocenters. The van der Waals surface area contributed by atoms with Gasteiger partial charge < -0.3 is 9.84 Å². The maximum Gasteiger partial charge on any atom is 0.120 e. The lowest BCUT2D eigenvalue weighted by atomic mass is 9.94. The number of benzene rings is 3. The van der Waals surface area contributed by atoms with Gasteiger partial charge in [0.15, 0.2) is 0 Å². The molecule has 1 heterocycles. The molecule has 0 spiro atoms. The van der Waals surface area contributed by atoms with Crippen molar-refractivity contribution in [3.63, 3.8) is 0 Å². The summed E-state index contributed by atoms with van der Waals surface area (Å²) in [4.78, 5) is 4.54. The normalized spacial score (nSPS) is 17.6. The van der Waals surface area contributed by atoms with Crippen LogP contribution in [-0.4, -0.2) is 20.3 Å². The van der Waals surface area contributed by atoms with Crippen LogP contribution in [0.1, 0.15) is 53.8 Å². The van der Waals surface area contributed by atoms with E-state index in [4.69, 9.17) is 13.0 Å². The van der Waals surface area contributed by atoms with Crippen molar-refractivity contribution >= 4 is 11.0 Å². The Bertz CT molecular complexity index is 1420. The van der Waals surface area contributed by atoms with Crippen molar-refractivity contribution in [3.8, 4) is 22.6 Å². The lowest BCUT2D eigenvalue weighted by Crippen LogP contribution is -2.22. The number of aliphatic hydroxyl groups is 1. The van der Waals surface area contributed by atoms with E-state index in [1.54, 1.807) is 30.6 Å². The number of aromatic nitrogens is 2. The fraction of sp³-hybridized carbons (Fsp3) is 0.296. The maximum atomic E-state index is 10.5. The van der Waals surface area contributed by atoms with Crippen LogP contribution < -0.4 is 4.74 Å². The van der Waals surface area contributed by atoms with Crippen LogP contribution >= 0.6 is 0 Å². The summed E-state index contributed by atoms with van der Waals surface area (Å²) in [7, 11) is 0. The lowest BCUT2D eigenvalue weighted by Gasteiger charge is -2.21. The first-order valence-corrected chi connectivity index (χ1v) is 10.1. The van der Waals surface area contributed by atoms with Crippen molar-refractivity contribution in [1.82, 2.24) is 9.55 Å². The molecule has 4 nitrogen and oxygen atoms in total. The van der Waals surface area contributed by atoms with E-state index in [0.29, 0.717) is 11.3 Å². The first-order valence-electron chi connectivity index (χ1n) is 13.1.